The van der Waals surface area contributed by atoms with Crippen LogP contribution in [-0.4, -0.2) is 20.4 Å². The molecule has 0 saturated heterocycles. The summed E-state index contributed by atoms with van der Waals surface area (Å²) in [5.74, 6) is -0.420. The number of nitro groups is 1. The fraction of sp³-hybridized carbons (Fsp3) is 0.154. The van der Waals surface area contributed by atoms with Crippen LogP contribution in [0.15, 0.2) is 41.5 Å². The smallest absolute Gasteiger partial charge is 0.269 e. The van der Waals surface area contributed by atoms with Crippen LogP contribution in [0.3, 0.4) is 0 Å². The number of hydrogen-bond donors (Lipinski definition) is 1. The number of rotatable bonds is 4. The molecule has 2 rings (SSSR count). The SMILES string of the molecule is Cc1cc(=O)n(CC(=O)Nc2ccc([N+](=O)[O-])cc2)cn1. The molecule has 8 heteroatoms. The number of benzene rings is 1. The Hall–Kier alpha value is -3.03. The third-order valence-electron chi connectivity index (χ3n) is 2.69. The van der Waals surface area contributed by atoms with Gasteiger partial charge in [-0.15, -0.1) is 0 Å². The number of anilines is 1. The van der Waals surface area contributed by atoms with Crippen molar-refractivity contribution in [2.75, 3.05) is 5.32 Å². The third kappa shape index (κ3) is 3.72. The second-order valence-electron chi connectivity index (χ2n) is 4.35. The molecule has 0 aliphatic carbocycles. The van der Waals surface area contributed by atoms with Crippen molar-refractivity contribution < 1.29 is 9.72 Å². The number of nitrogens with zero attached hydrogens (tertiary/aromatic N) is 3. The van der Waals surface area contributed by atoms with E-state index in [1.807, 2.05) is 0 Å². The first kappa shape index (κ1) is 14.4. The van der Waals surface area contributed by atoms with Crippen molar-refractivity contribution in [2.45, 2.75) is 13.5 Å². The first-order chi connectivity index (χ1) is 9.95. The fourth-order valence-electron chi connectivity index (χ4n) is 1.66. The van der Waals surface area contributed by atoms with Crippen LogP contribution in [0.4, 0.5) is 11.4 Å². The molecular weight excluding hydrogens is 276 g/mol. The molecule has 0 atom stereocenters. The maximum absolute atomic E-state index is 11.8. The lowest BCUT2D eigenvalue weighted by atomic mass is 10.3. The molecule has 1 N–H and O–H groups in total. The fourth-order valence-corrected chi connectivity index (χ4v) is 1.66. The number of non-ortho nitro benzene ring substituents is 1. The van der Waals surface area contributed by atoms with Crippen LogP contribution in [0.25, 0.3) is 0 Å². The maximum atomic E-state index is 11.8. The molecule has 2 aromatic rings. The van der Waals surface area contributed by atoms with Gasteiger partial charge in [0.2, 0.25) is 5.91 Å². The molecule has 0 aliphatic heterocycles. The average Bonchev–Trinajstić information content (AvgIpc) is 2.42. The van der Waals surface area contributed by atoms with E-state index in [4.69, 9.17) is 0 Å². The molecular formula is C13H12N4O4. The summed E-state index contributed by atoms with van der Waals surface area (Å²) in [6, 6.07) is 6.75. The number of carbonyl (C=O) groups excluding carboxylic acids is 1. The molecule has 0 spiro atoms. The average molecular weight is 288 g/mol. The van der Waals surface area contributed by atoms with Crippen molar-refractivity contribution >= 4 is 17.3 Å². The summed E-state index contributed by atoms with van der Waals surface area (Å²) in [7, 11) is 0. The minimum atomic E-state index is -0.525. The van der Waals surface area contributed by atoms with Crippen LogP contribution in [0.2, 0.25) is 0 Å². The van der Waals surface area contributed by atoms with Crippen molar-refractivity contribution in [3.63, 3.8) is 0 Å². The van der Waals surface area contributed by atoms with Gasteiger partial charge < -0.3 is 5.32 Å². The van der Waals surface area contributed by atoms with E-state index in [-0.39, 0.29) is 17.8 Å². The molecule has 21 heavy (non-hydrogen) atoms. The highest BCUT2D eigenvalue weighted by molar-refractivity contribution is 5.90. The highest BCUT2D eigenvalue weighted by Gasteiger charge is 2.08. The lowest BCUT2D eigenvalue weighted by Gasteiger charge is -2.07. The number of aromatic nitrogens is 2. The van der Waals surface area contributed by atoms with Gasteiger partial charge in [0.05, 0.1) is 11.3 Å². The second-order valence-corrected chi connectivity index (χ2v) is 4.35. The van der Waals surface area contributed by atoms with Gasteiger partial charge in [-0.1, -0.05) is 0 Å². The topological polar surface area (TPSA) is 107 Å². The highest BCUT2D eigenvalue weighted by Crippen LogP contribution is 2.15. The predicted molar refractivity (Wildman–Crippen MR) is 75.0 cm³/mol. The summed E-state index contributed by atoms with van der Waals surface area (Å²) in [5, 5.41) is 13.1. The Bertz CT molecular complexity index is 737. The van der Waals surface area contributed by atoms with Gasteiger partial charge in [0.25, 0.3) is 11.2 Å². The van der Waals surface area contributed by atoms with E-state index in [2.05, 4.69) is 10.3 Å². The summed E-state index contributed by atoms with van der Waals surface area (Å²) < 4.78 is 1.17. The maximum Gasteiger partial charge on any atom is 0.269 e. The molecule has 1 aromatic heterocycles. The van der Waals surface area contributed by atoms with Gasteiger partial charge in [0.1, 0.15) is 6.54 Å². The van der Waals surface area contributed by atoms with Crippen LogP contribution in [0.5, 0.6) is 0 Å². The second kappa shape index (κ2) is 5.95. The number of nitrogens with one attached hydrogen (secondary N) is 1. The monoisotopic (exact) mass is 288 g/mol. The van der Waals surface area contributed by atoms with E-state index >= 15 is 0 Å². The quantitative estimate of drug-likeness (QED) is 0.669. The van der Waals surface area contributed by atoms with Gasteiger partial charge in [-0.05, 0) is 19.1 Å². The van der Waals surface area contributed by atoms with E-state index in [1.54, 1.807) is 6.92 Å². The molecule has 0 unspecified atom stereocenters. The number of aryl methyl sites for hydroxylation is 1. The largest absolute Gasteiger partial charge is 0.325 e. The summed E-state index contributed by atoms with van der Waals surface area (Å²) in [6.07, 6.45) is 1.30. The van der Waals surface area contributed by atoms with E-state index in [0.717, 1.165) is 0 Å². The zero-order valence-corrected chi connectivity index (χ0v) is 11.1. The van der Waals surface area contributed by atoms with Gasteiger partial charge in [-0.25, -0.2) is 4.98 Å². The van der Waals surface area contributed by atoms with Gasteiger partial charge in [-0.3, -0.25) is 24.3 Å². The van der Waals surface area contributed by atoms with Crippen LogP contribution < -0.4 is 10.9 Å². The first-order valence-electron chi connectivity index (χ1n) is 6.03. The van der Waals surface area contributed by atoms with Gasteiger partial charge in [0, 0.05) is 29.6 Å². The zero-order chi connectivity index (χ0) is 15.4. The summed E-state index contributed by atoms with van der Waals surface area (Å²) >= 11 is 0. The normalized spacial score (nSPS) is 10.1. The lowest BCUT2D eigenvalue weighted by molar-refractivity contribution is -0.384. The molecule has 1 amide bonds. The first-order valence-corrected chi connectivity index (χ1v) is 6.03. The molecule has 0 aliphatic rings. The Balaban J connectivity index is 2.04. The van der Waals surface area contributed by atoms with Gasteiger partial charge >= 0.3 is 0 Å². The lowest BCUT2D eigenvalue weighted by Crippen LogP contribution is -2.27. The highest BCUT2D eigenvalue weighted by atomic mass is 16.6. The molecule has 0 radical (unpaired) electrons. The van der Waals surface area contributed by atoms with Crippen LogP contribution >= 0.6 is 0 Å². The summed E-state index contributed by atoms with van der Waals surface area (Å²) in [5.41, 5.74) is 0.610. The van der Waals surface area contributed by atoms with Crippen molar-refractivity contribution in [1.29, 1.82) is 0 Å². The number of amides is 1. The van der Waals surface area contributed by atoms with Crippen molar-refractivity contribution in [3.8, 4) is 0 Å². The summed E-state index contributed by atoms with van der Waals surface area (Å²) in [4.78, 5) is 37.3. The van der Waals surface area contributed by atoms with Crippen molar-refractivity contribution in [3.05, 3.63) is 62.8 Å². The Labute approximate surface area is 119 Å². The van der Waals surface area contributed by atoms with Crippen LogP contribution in [-0.2, 0) is 11.3 Å². The van der Waals surface area contributed by atoms with Gasteiger partial charge in [-0.2, -0.15) is 0 Å². The molecule has 0 fully saturated rings. The molecule has 0 saturated carbocycles. The Morgan fingerprint density at radius 1 is 1.38 bits per heavy atom. The number of nitro benzene ring substituents is 1. The molecule has 1 heterocycles. The molecule has 0 bridgehead atoms. The number of hydrogen-bond acceptors (Lipinski definition) is 5. The Morgan fingerprint density at radius 3 is 2.62 bits per heavy atom. The van der Waals surface area contributed by atoms with E-state index in [0.29, 0.717) is 11.4 Å². The standard InChI is InChI=1S/C13H12N4O4/c1-9-6-13(19)16(8-14-9)7-12(18)15-10-2-4-11(5-3-10)17(20)21/h2-6,8H,7H2,1H3,(H,15,18). The molecule has 8 nitrogen and oxygen atoms in total. The Kier molecular flexibility index (Phi) is 4.07. The van der Waals surface area contributed by atoms with Crippen LogP contribution in [0.1, 0.15) is 5.69 Å². The van der Waals surface area contributed by atoms with E-state index in [9.17, 15) is 19.7 Å². The number of carbonyl (C=O) groups is 1. The molecule has 108 valence electrons. The predicted octanol–water partition coefficient (Wildman–Crippen LogP) is 1.10. The zero-order valence-electron chi connectivity index (χ0n) is 11.1. The minimum Gasteiger partial charge on any atom is -0.325 e. The van der Waals surface area contributed by atoms with Crippen molar-refractivity contribution in [2.24, 2.45) is 0 Å². The van der Waals surface area contributed by atoms with E-state index < -0.39 is 10.8 Å². The van der Waals surface area contributed by atoms with Crippen LogP contribution in [0, 0.1) is 17.0 Å². The Morgan fingerprint density at radius 2 is 2.05 bits per heavy atom. The molecule has 1 aromatic carbocycles. The minimum absolute atomic E-state index is 0.0630. The summed E-state index contributed by atoms with van der Waals surface area (Å²) in [6.45, 7) is 1.51. The van der Waals surface area contributed by atoms with E-state index in [1.165, 1.54) is 41.2 Å². The third-order valence-corrected chi connectivity index (χ3v) is 2.69. The van der Waals surface area contributed by atoms with Gasteiger partial charge in [0.15, 0.2) is 0 Å². The van der Waals surface area contributed by atoms with Crippen molar-refractivity contribution in [1.82, 2.24) is 9.55 Å².